The van der Waals surface area contributed by atoms with Gasteiger partial charge in [-0.3, -0.25) is 9.59 Å². The van der Waals surface area contributed by atoms with Crippen LogP contribution in [0.5, 0.6) is 11.5 Å². The summed E-state index contributed by atoms with van der Waals surface area (Å²) < 4.78 is 11.7. The Morgan fingerprint density at radius 1 is 0.973 bits per heavy atom. The minimum Gasteiger partial charge on any atom is -0.497 e. The Morgan fingerprint density at radius 2 is 1.73 bits per heavy atom. The van der Waals surface area contributed by atoms with E-state index in [4.69, 9.17) is 9.47 Å². The average molecular weight is 495 g/mol. The normalized spacial score (nSPS) is 20.0. The molecule has 3 aromatic carbocycles. The molecule has 0 saturated carbocycles. The Bertz CT molecular complexity index is 1340. The molecule has 2 saturated heterocycles. The monoisotopic (exact) mass is 494 g/mol. The zero-order valence-electron chi connectivity index (χ0n) is 20.9. The smallest absolute Gasteiger partial charge is 0.228 e. The number of hydrogen-bond acceptors (Lipinski definition) is 4. The van der Waals surface area contributed by atoms with E-state index in [1.807, 2.05) is 47.4 Å². The van der Waals surface area contributed by atoms with E-state index in [0.717, 1.165) is 35.6 Å². The molecule has 3 aliphatic rings. The van der Waals surface area contributed by atoms with Crippen molar-refractivity contribution >= 4 is 23.6 Å². The van der Waals surface area contributed by atoms with Gasteiger partial charge in [0, 0.05) is 50.1 Å². The van der Waals surface area contributed by atoms with Gasteiger partial charge in [-0.1, -0.05) is 42.5 Å². The number of nitrogens with zero attached hydrogens (tertiary/aromatic N) is 2. The van der Waals surface area contributed by atoms with Crippen LogP contribution in [0.2, 0.25) is 0 Å². The van der Waals surface area contributed by atoms with Crippen molar-refractivity contribution in [2.45, 2.75) is 24.9 Å². The first-order valence-corrected chi connectivity index (χ1v) is 12.8. The molecule has 3 aromatic rings. The van der Waals surface area contributed by atoms with Crippen LogP contribution >= 0.6 is 0 Å². The average Bonchev–Trinajstić information content (AvgIpc) is 3.35. The molecule has 6 rings (SSSR count). The van der Waals surface area contributed by atoms with E-state index in [9.17, 15) is 9.59 Å². The number of carbonyl (C=O) groups is 2. The number of fused-ring (bicyclic) bond motifs is 1. The lowest BCUT2D eigenvalue weighted by atomic mass is 9.87. The van der Waals surface area contributed by atoms with Crippen LogP contribution in [0.15, 0.2) is 78.9 Å². The standard InChI is InChI=1S/C31H30N2O4/c1-36-27-10-8-26(9-11-27)33-21-25(20-29(33)34)30(35)32-17-15-31(16-18-32)14-13-24-19-23(7-12-28(24)37-31)22-5-3-2-4-6-22/h2-14,19,25H,15-18,20-21H2,1H3. The first-order valence-electron chi connectivity index (χ1n) is 12.8. The molecular weight excluding hydrogens is 464 g/mol. The molecule has 2 amide bonds. The highest BCUT2D eigenvalue weighted by Gasteiger charge is 2.42. The summed E-state index contributed by atoms with van der Waals surface area (Å²) in [4.78, 5) is 29.6. The Labute approximate surface area is 217 Å². The summed E-state index contributed by atoms with van der Waals surface area (Å²) in [6.45, 7) is 1.65. The van der Waals surface area contributed by atoms with Gasteiger partial charge in [-0.25, -0.2) is 0 Å². The summed E-state index contributed by atoms with van der Waals surface area (Å²) in [7, 11) is 1.61. The Balaban J connectivity index is 1.09. The number of methoxy groups -OCH3 is 1. The molecule has 1 unspecified atom stereocenters. The van der Waals surface area contributed by atoms with Crippen LogP contribution in [-0.2, 0) is 9.59 Å². The molecule has 2 fully saturated rings. The first-order chi connectivity index (χ1) is 18.0. The van der Waals surface area contributed by atoms with E-state index in [2.05, 4.69) is 42.5 Å². The van der Waals surface area contributed by atoms with Crippen LogP contribution in [0.1, 0.15) is 24.8 Å². The number of anilines is 1. The minimum absolute atomic E-state index is 0.0120. The molecule has 0 aromatic heterocycles. The minimum atomic E-state index is -0.390. The van der Waals surface area contributed by atoms with Gasteiger partial charge in [0.1, 0.15) is 17.1 Å². The number of carbonyl (C=O) groups excluding carboxylic acids is 2. The number of amides is 2. The fourth-order valence-corrected chi connectivity index (χ4v) is 5.59. The van der Waals surface area contributed by atoms with Crippen molar-refractivity contribution in [2.24, 2.45) is 5.92 Å². The quantitative estimate of drug-likeness (QED) is 0.501. The molecule has 1 spiro atoms. The predicted octanol–water partition coefficient (Wildman–Crippen LogP) is 5.18. The fraction of sp³-hybridized carbons (Fsp3) is 0.290. The van der Waals surface area contributed by atoms with Crippen LogP contribution < -0.4 is 14.4 Å². The molecule has 1 atom stereocenters. The van der Waals surface area contributed by atoms with Crippen LogP contribution in [0, 0.1) is 5.92 Å². The van der Waals surface area contributed by atoms with Crippen molar-refractivity contribution in [3.8, 4) is 22.6 Å². The highest BCUT2D eigenvalue weighted by Crippen LogP contribution is 2.39. The van der Waals surface area contributed by atoms with Gasteiger partial charge in [0.05, 0.1) is 13.0 Å². The number of likely N-dealkylation sites (tertiary alicyclic amines) is 1. The van der Waals surface area contributed by atoms with Crippen LogP contribution in [0.25, 0.3) is 17.2 Å². The van der Waals surface area contributed by atoms with Gasteiger partial charge in [0.15, 0.2) is 0 Å². The van der Waals surface area contributed by atoms with Gasteiger partial charge in [0.2, 0.25) is 11.8 Å². The summed E-state index contributed by atoms with van der Waals surface area (Å²) in [6, 6.07) is 24.0. The van der Waals surface area contributed by atoms with Gasteiger partial charge in [-0.2, -0.15) is 0 Å². The number of rotatable bonds is 4. The van der Waals surface area contributed by atoms with Gasteiger partial charge in [-0.05, 0) is 53.6 Å². The zero-order valence-corrected chi connectivity index (χ0v) is 20.9. The van der Waals surface area contributed by atoms with Gasteiger partial charge in [0.25, 0.3) is 0 Å². The van der Waals surface area contributed by atoms with Crippen LogP contribution in [0.3, 0.4) is 0 Å². The molecular formula is C31H30N2O4. The van der Waals surface area contributed by atoms with E-state index in [1.54, 1.807) is 12.0 Å². The third-order valence-electron chi connectivity index (χ3n) is 7.78. The number of ether oxygens (including phenoxy) is 2. The van der Waals surface area contributed by atoms with Crippen molar-refractivity contribution in [2.75, 3.05) is 31.6 Å². The fourth-order valence-electron chi connectivity index (χ4n) is 5.59. The van der Waals surface area contributed by atoms with Crippen molar-refractivity contribution in [3.63, 3.8) is 0 Å². The van der Waals surface area contributed by atoms with Gasteiger partial charge >= 0.3 is 0 Å². The van der Waals surface area contributed by atoms with Crippen molar-refractivity contribution in [3.05, 3.63) is 84.4 Å². The highest BCUT2D eigenvalue weighted by molar-refractivity contribution is 6.00. The molecule has 0 radical (unpaired) electrons. The van der Waals surface area contributed by atoms with E-state index in [1.165, 1.54) is 11.1 Å². The van der Waals surface area contributed by atoms with Crippen LogP contribution in [0.4, 0.5) is 5.69 Å². The van der Waals surface area contributed by atoms with E-state index >= 15 is 0 Å². The topological polar surface area (TPSA) is 59.1 Å². The summed E-state index contributed by atoms with van der Waals surface area (Å²) in [6.07, 6.45) is 6.04. The van der Waals surface area contributed by atoms with E-state index in [-0.39, 0.29) is 24.2 Å². The lowest BCUT2D eigenvalue weighted by Crippen LogP contribution is -2.50. The molecule has 0 bridgehead atoms. The molecule has 3 heterocycles. The lowest BCUT2D eigenvalue weighted by Gasteiger charge is -2.42. The third-order valence-corrected chi connectivity index (χ3v) is 7.78. The Morgan fingerprint density at radius 3 is 2.46 bits per heavy atom. The molecule has 188 valence electrons. The number of piperidine rings is 1. The number of benzene rings is 3. The number of hydrogen-bond donors (Lipinski definition) is 0. The molecule has 6 heteroatoms. The molecule has 0 aliphatic carbocycles. The maximum atomic E-state index is 13.3. The first kappa shape index (κ1) is 23.3. The maximum Gasteiger partial charge on any atom is 0.228 e. The third kappa shape index (κ3) is 4.48. The zero-order chi connectivity index (χ0) is 25.4. The lowest BCUT2D eigenvalue weighted by molar-refractivity contribution is -0.138. The second-order valence-corrected chi connectivity index (χ2v) is 10.0. The molecule has 0 N–H and O–H groups in total. The molecule has 37 heavy (non-hydrogen) atoms. The summed E-state index contributed by atoms with van der Waals surface area (Å²) in [5.41, 5.74) is 3.83. The maximum absolute atomic E-state index is 13.3. The Kier molecular flexibility index (Phi) is 5.95. The molecule has 6 nitrogen and oxygen atoms in total. The van der Waals surface area contributed by atoms with Crippen molar-refractivity contribution < 1.29 is 19.1 Å². The molecule has 3 aliphatic heterocycles. The SMILES string of the molecule is COc1ccc(N2CC(C(=O)N3CCC4(C=Cc5cc(-c6ccccc6)ccc5O4)CC3)CC2=O)cc1. The van der Waals surface area contributed by atoms with Gasteiger partial charge < -0.3 is 19.3 Å². The van der Waals surface area contributed by atoms with Crippen molar-refractivity contribution in [1.82, 2.24) is 4.90 Å². The second kappa shape index (κ2) is 9.43. The van der Waals surface area contributed by atoms with Gasteiger partial charge in [-0.15, -0.1) is 0 Å². The predicted molar refractivity (Wildman–Crippen MR) is 144 cm³/mol. The second-order valence-electron chi connectivity index (χ2n) is 10.0. The van der Waals surface area contributed by atoms with Crippen molar-refractivity contribution in [1.29, 1.82) is 0 Å². The van der Waals surface area contributed by atoms with Crippen LogP contribution in [-0.4, -0.2) is 49.1 Å². The summed E-state index contributed by atoms with van der Waals surface area (Å²) in [5, 5.41) is 0. The highest BCUT2D eigenvalue weighted by atomic mass is 16.5. The van der Waals surface area contributed by atoms with E-state index < -0.39 is 5.60 Å². The largest absolute Gasteiger partial charge is 0.497 e. The summed E-state index contributed by atoms with van der Waals surface area (Å²) in [5.74, 6) is 1.36. The summed E-state index contributed by atoms with van der Waals surface area (Å²) >= 11 is 0. The van der Waals surface area contributed by atoms with E-state index in [0.29, 0.717) is 19.6 Å². The Hall–Kier alpha value is -4.06.